The maximum absolute atomic E-state index is 12.1. The first-order valence-corrected chi connectivity index (χ1v) is 8.16. The Hall–Kier alpha value is -1.04. The summed E-state index contributed by atoms with van der Waals surface area (Å²) in [5.74, 6) is 1.16. The maximum Gasteiger partial charge on any atom is 0.242 e. The highest BCUT2D eigenvalue weighted by Crippen LogP contribution is 2.32. The van der Waals surface area contributed by atoms with E-state index in [4.69, 9.17) is 10.8 Å². The van der Waals surface area contributed by atoms with Crippen LogP contribution < -0.4 is 11.1 Å². The Morgan fingerprint density at radius 3 is 2.60 bits per heavy atom. The van der Waals surface area contributed by atoms with Crippen molar-refractivity contribution in [3.05, 3.63) is 35.9 Å². The molecule has 1 aromatic carbocycles. The minimum atomic E-state index is -0.787. The lowest BCUT2D eigenvalue weighted by atomic mass is 9.86. The summed E-state index contributed by atoms with van der Waals surface area (Å²) in [5, 5.41) is 12.3. The van der Waals surface area contributed by atoms with Crippen molar-refractivity contribution in [3.63, 3.8) is 0 Å². The monoisotopic (exact) mass is 294 g/mol. The van der Waals surface area contributed by atoms with Gasteiger partial charge in [0.2, 0.25) is 5.91 Å². The van der Waals surface area contributed by atoms with Crippen LogP contribution in [0.5, 0.6) is 0 Å². The van der Waals surface area contributed by atoms with Crippen LogP contribution in [0.2, 0.25) is 0 Å². The van der Waals surface area contributed by atoms with Gasteiger partial charge in [0.05, 0.1) is 6.61 Å². The Morgan fingerprint density at radius 1 is 1.35 bits per heavy atom. The number of primary amides is 1. The number of aliphatic hydroxyl groups excluding tert-OH is 1. The summed E-state index contributed by atoms with van der Waals surface area (Å²) in [5.41, 5.74) is 5.88. The highest BCUT2D eigenvalue weighted by atomic mass is 32.2. The third-order valence-corrected chi connectivity index (χ3v) is 4.54. The summed E-state index contributed by atoms with van der Waals surface area (Å²) >= 11 is 1.64. The Balaban J connectivity index is 2.17. The molecule has 2 rings (SSSR count). The smallest absolute Gasteiger partial charge is 0.242 e. The molecule has 0 aliphatic heterocycles. The Kier molecular flexibility index (Phi) is 5.46. The fourth-order valence-corrected chi connectivity index (χ4v) is 3.11. The van der Waals surface area contributed by atoms with Crippen LogP contribution in [0.4, 0.5) is 0 Å². The van der Waals surface area contributed by atoms with Crippen molar-refractivity contribution in [1.82, 2.24) is 5.32 Å². The second-order valence-electron chi connectivity index (χ2n) is 5.14. The van der Waals surface area contributed by atoms with E-state index in [1.165, 1.54) is 0 Å². The zero-order valence-corrected chi connectivity index (χ0v) is 12.4. The van der Waals surface area contributed by atoms with Crippen molar-refractivity contribution in [2.75, 3.05) is 18.1 Å². The van der Waals surface area contributed by atoms with Crippen LogP contribution in [0.1, 0.15) is 24.8 Å². The second-order valence-corrected chi connectivity index (χ2v) is 6.36. The third kappa shape index (κ3) is 3.75. The highest BCUT2D eigenvalue weighted by molar-refractivity contribution is 7.99. The number of aliphatic hydroxyl groups is 1. The molecule has 110 valence electrons. The standard InChI is InChI=1S/C15H22N2O2S/c16-14(19)15(17-13-6-7-13,8-10-20-11-9-18)12-4-2-1-3-5-12/h1-5,13,17-18H,6-11H2,(H2,16,19). The lowest BCUT2D eigenvalue weighted by Crippen LogP contribution is -2.54. The van der Waals surface area contributed by atoms with Gasteiger partial charge in [-0.25, -0.2) is 0 Å². The molecule has 1 aliphatic rings. The minimum Gasteiger partial charge on any atom is -0.396 e. The van der Waals surface area contributed by atoms with Crippen LogP contribution in [-0.2, 0) is 10.3 Å². The number of thioether (sulfide) groups is 1. The number of carbonyl (C=O) groups excluding carboxylic acids is 1. The quantitative estimate of drug-likeness (QED) is 0.599. The van der Waals surface area contributed by atoms with E-state index in [0.29, 0.717) is 18.2 Å². The summed E-state index contributed by atoms with van der Waals surface area (Å²) in [6, 6.07) is 10.1. The van der Waals surface area contributed by atoms with Crippen molar-refractivity contribution in [1.29, 1.82) is 0 Å². The number of hydrogen-bond donors (Lipinski definition) is 3. The van der Waals surface area contributed by atoms with Crippen molar-refractivity contribution in [3.8, 4) is 0 Å². The molecule has 0 bridgehead atoms. The van der Waals surface area contributed by atoms with E-state index in [9.17, 15) is 4.79 Å². The molecule has 0 aromatic heterocycles. The first-order valence-electron chi connectivity index (χ1n) is 7.01. The van der Waals surface area contributed by atoms with E-state index < -0.39 is 5.54 Å². The van der Waals surface area contributed by atoms with E-state index >= 15 is 0 Å². The fourth-order valence-electron chi connectivity index (χ4n) is 2.33. The van der Waals surface area contributed by atoms with E-state index in [-0.39, 0.29) is 12.5 Å². The predicted octanol–water partition coefficient (Wildman–Crippen LogP) is 1.23. The van der Waals surface area contributed by atoms with Crippen molar-refractivity contribution < 1.29 is 9.90 Å². The molecule has 1 amide bonds. The lowest BCUT2D eigenvalue weighted by Gasteiger charge is -2.32. The molecule has 0 heterocycles. The summed E-state index contributed by atoms with van der Waals surface area (Å²) in [6.07, 6.45) is 2.85. The molecular weight excluding hydrogens is 272 g/mol. The van der Waals surface area contributed by atoms with Crippen LogP contribution in [0.3, 0.4) is 0 Å². The molecule has 1 atom stereocenters. The van der Waals surface area contributed by atoms with Crippen molar-refractivity contribution >= 4 is 17.7 Å². The first-order chi connectivity index (χ1) is 9.69. The number of rotatable bonds is 9. The zero-order chi connectivity index (χ0) is 14.4. The van der Waals surface area contributed by atoms with E-state index in [1.807, 2.05) is 30.3 Å². The Morgan fingerprint density at radius 2 is 2.05 bits per heavy atom. The normalized spacial score (nSPS) is 17.6. The predicted molar refractivity (Wildman–Crippen MR) is 82.5 cm³/mol. The largest absolute Gasteiger partial charge is 0.396 e. The van der Waals surface area contributed by atoms with Gasteiger partial charge in [-0.15, -0.1) is 0 Å². The van der Waals surface area contributed by atoms with Gasteiger partial charge in [0.15, 0.2) is 0 Å². The maximum atomic E-state index is 12.1. The molecule has 1 saturated carbocycles. The van der Waals surface area contributed by atoms with Crippen LogP contribution in [0, 0.1) is 0 Å². The number of hydrogen-bond acceptors (Lipinski definition) is 4. The van der Waals surface area contributed by atoms with Gasteiger partial charge in [-0.05, 0) is 30.6 Å². The molecule has 1 unspecified atom stereocenters. The van der Waals surface area contributed by atoms with E-state index in [1.54, 1.807) is 11.8 Å². The van der Waals surface area contributed by atoms with Crippen LogP contribution in [-0.4, -0.2) is 35.2 Å². The topological polar surface area (TPSA) is 75.4 Å². The lowest BCUT2D eigenvalue weighted by molar-refractivity contribution is -0.125. The summed E-state index contributed by atoms with van der Waals surface area (Å²) < 4.78 is 0. The molecule has 1 aromatic rings. The highest BCUT2D eigenvalue weighted by Gasteiger charge is 2.42. The average Bonchev–Trinajstić information content (AvgIpc) is 3.27. The molecule has 4 N–H and O–H groups in total. The summed E-state index contributed by atoms with van der Waals surface area (Å²) in [6.45, 7) is 0.162. The summed E-state index contributed by atoms with van der Waals surface area (Å²) in [7, 11) is 0. The first kappa shape index (κ1) is 15.4. The van der Waals surface area contributed by atoms with Gasteiger partial charge in [0.1, 0.15) is 5.54 Å². The Bertz CT molecular complexity index is 437. The van der Waals surface area contributed by atoms with Crippen LogP contribution in [0.15, 0.2) is 30.3 Å². The second kappa shape index (κ2) is 7.11. The van der Waals surface area contributed by atoms with Gasteiger partial charge in [0, 0.05) is 11.8 Å². The van der Waals surface area contributed by atoms with Gasteiger partial charge in [0.25, 0.3) is 0 Å². The van der Waals surface area contributed by atoms with Gasteiger partial charge in [-0.3, -0.25) is 10.1 Å². The SMILES string of the molecule is NC(=O)C(CCSCCO)(NC1CC1)c1ccccc1. The van der Waals surface area contributed by atoms with Crippen LogP contribution in [0.25, 0.3) is 0 Å². The minimum absolute atomic E-state index is 0.162. The van der Waals surface area contributed by atoms with Gasteiger partial charge >= 0.3 is 0 Å². The van der Waals surface area contributed by atoms with Gasteiger partial charge in [-0.2, -0.15) is 11.8 Å². The number of nitrogens with one attached hydrogen (secondary N) is 1. The molecule has 1 fully saturated rings. The Labute approximate surface area is 124 Å². The zero-order valence-electron chi connectivity index (χ0n) is 11.5. The molecule has 20 heavy (non-hydrogen) atoms. The molecule has 1 aliphatic carbocycles. The van der Waals surface area contributed by atoms with Gasteiger partial charge < -0.3 is 10.8 Å². The molecule has 0 saturated heterocycles. The van der Waals surface area contributed by atoms with Crippen molar-refractivity contribution in [2.45, 2.75) is 30.8 Å². The molecule has 0 spiro atoms. The van der Waals surface area contributed by atoms with E-state index in [0.717, 1.165) is 24.2 Å². The molecule has 0 radical (unpaired) electrons. The number of carbonyl (C=O) groups is 1. The van der Waals surface area contributed by atoms with Crippen LogP contribution >= 0.6 is 11.8 Å². The third-order valence-electron chi connectivity index (χ3n) is 3.57. The van der Waals surface area contributed by atoms with Crippen molar-refractivity contribution in [2.24, 2.45) is 5.73 Å². The number of amides is 1. The fraction of sp³-hybridized carbons (Fsp3) is 0.533. The number of benzene rings is 1. The molecule has 4 nitrogen and oxygen atoms in total. The van der Waals surface area contributed by atoms with E-state index in [2.05, 4.69) is 5.32 Å². The molecular formula is C15H22N2O2S. The number of nitrogens with two attached hydrogens (primary N) is 1. The average molecular weight is 294 g/mol. The molecule has 5 heteroatoms. The van der Waals surface area contributed by atoms with Gasteiger partial charge in [-0.1, -0.05) is 30.3 Å². The summed E-state index contributed by atoms with van der Waals surface area (Å²) in [4.78, 5) is 12.1.